The number of piperazine rings is 1. The van der Waals surface area contributed by atoms with Gasteiger partial charge in [-0.15, -0.1) is 0 Å². The lowest BCUT2D eigenvalue weighted by atomic mass is 10.2. The first-order valence-electron chi connectivity index (χ1n) is 9.90. The van der Waals surface area contributed by atoms with Crippen molar-refractivity contribution in [1.82, 2.24) is 25.3 Å². The highest BCUT2D eigenvalue weighted by atomic mass is 35.5. The Balaban J connectivity index is 1.31. The maximum Gasteiger partial charge on any atom is 0.410 e. The molecule has 0 bridgehead atoms. The van der Waals surface area contributed by atoms with Gasteiger partial charge in [0.25, 0.3) is 0 Å². The second-order valence-electron chi connectivity index (χ2n) is 8.31. The van der Waals surface area contributed by atoms with E-state index in [1.165, 1.54) is 0 Å². The van der Waals surface area contributed by atoms with E-state index in [4.69, 9.17) is 20.9 Å². The smallest absolute Gasteiger partial charge is 0.410 e. The molecule has 9 nitrogen and oxygen atoms in total. The molecule has 10 heteroatoms. The molecule has 1 aromatic heterocycles. The standard InChI is InChI=1S/C20H25ClN6O3/c1-20(2,3)29-19(28)26-7-8-27-15(12-26)10-22-18(27)23-11-16-24-17(25-30-16)13-5-4-6-14(21)9-13/h4-6,9,15H,7-8,10-12H2,1-3H3,(H,22,23). The molecule has 1 unspecified atom stereocenters. The van der Waals surface area contributed by atoms with Gasteiger partial charge in [0, 0.05) is 30.2 Å². The van der Waals surface area contributed by atoms with Gasteiger partial charge in [-0.25, -0.2) is 4.79 Å². The zero-order chi connectivity index (χ0) is 21.3. The zero-order valence-electron chi connectivity index (χ0n) is 17.3. The summed E-state index contributed by atoms with van der Waals surface area (Å²) in [6, 6.07) is 7.45. The molecule has 2 aliphatic heterocycles. The van der Waals surface area contributed by atoms with Crippen molar-refractivity contribution < 1.29 is 14.1 Å². The molecule has 0 aliphatic carbocycles. The highest BCUT2D eigenvalue weighted by Crippen LogP contribution is 2.21. The topological polar surface area (TPSA) is 96.1 Å². The average Bonchev–Trinajstić information content (AvgIpc) is 3.31. The van der Waals surface area contributed by atoms with Crippen LogP contribution in [0.3, 0.4) is 0 Å². The van der Waals surface area contributed by atoms with E-state index in [2.05, 4.69) is 25.3 Å². The number of guanidine groups is 1. The Kier molecular flexibility index (Phi) is 5.55. The number of hydrogen-bond donors (Lipinski definition) is 1. The number of rotatable bonds is 3. The first kappa shape index (κ1) is 20.5. The van der Waals surface area contributed by atoms with E-state index < -0.39 is 5.60 Å². The third-order valence-corrected chi connectivity index (χ3v) is 5.04. The number of benzene rings is 1. The van der Waals surface area contributed by atoms with Gasteiger partial charge in [0.05, 0.1) is 19.1 Å². The average molecular weight is 433 g/mol. The number of carbonyl (C=O) groups is 1. The fourth-order valence-electron chi connectivity index (χ4n) is 3.45. The number of carbonyl (C=O) groups excluding carboxylic acids is 1. The molecule has 0 saturated carbocycles. The Morgan fingerprint density at radius 3 is 2.97 bits per heavy atom. The van der Waals surface area contributed by atoms with Crippen LogP contribution in [0.2, 0.25) is 5.02 Å². The van der Waals surface area contributed by atoms with Crippen LogP contribution in [0.25, 0.3) is 11.4 Å². The number of nitrogens with zero attached hydrogens (tertiary/aromatic N) is 5. The van der Waals surface area contributed by atoms with Crippen LogP contribution in [0.15, 0.2) is 33.8 Å². The van der Waals surface area contributed by atoms with Crippen molar-refractivity contribution in [3.8, 4) is 11.4 Å². The van der Waals surface area contributed by atoms with E-state index in [1.807, 2.05) is 32.9 Å². The van der Waals surface area contributed by atoms with E-state index in [1.54, 1.807) is 17.0 Å². The first-order chi connectivity index (χ1) is 14.3. The van der Waals surface area contributed by atoms with Crippen molar-refractivity contribution in [3.63, 3.8) is 0 Å². The van der Waals surface area contributed by atoms with Gasteiger partial charge < -0.3 is 24.4 Å². The molecular weight excluding hydrogens is 408 g/mol. The summed E-state index contributed by atoms with van der Waals surface area (Å²) in [4.78, 5) is 25.3. The van der Waals surface area contributed by atoms with Crippen LogP contribution in [0.5, 0.6) is 0 Å². The van der Waals surface area contributed by atoms with E-state index in [0.29, 0.717) is 49.5 Å². The summed E-state index contributed by atoms with van der Waals surface area (Å²) in [6.45, 7) is 8.47. The molecule has 30 heavy (non-hydrogen) atoms. The molecule has 4 rings (SSSR count). The number of hydrogen-bond acceptors (Lipinski definition) is 8. The Bertz CT molecular complexity index is 954. The minimum absolute atomic E-state index is 0.137. The largest absolute Gasteiger partial charge is 0.444 e. The predicted molar refractivity (Wildman–Crippen MR) is 112 cm³/mol. The monoisotopic (exact) mass is 432 g/mol. The van der Waals surface area contributed by atoms with Crippen molar-refractivity contribution in [2.75, 3.05) is 26.2 Å². The van der Waals surface area contributed by atoms with Gasteiger partial charge in [0.1, 0.15) is 5.60 Å². The van der Waals surface area contributed by atoms with Gasteiger partial charge in [-0.1, -0.05) is 28.9 Å². The summed E-state index contributed by atoms with van der Waals surface area (Å²) in [5.41, 5.74) is 0.301. The molecule has 1 atom stereocenters. The van der Waals surface area contributed by atoms with Crippen molar-refractivity contribution in [1.29, 1.82) is 0 Å². The van der Waals surface area contributed by atoms with E-state index >= 15 is 0 Å². The summed E-state index contributed by atoms with van der Waals surface area (Å²) in [7, 11) is 0. The van der Waals surface area contributed by atoms with Gasteiger partial charge in [0.15, 0.2) is 5.96 Å². The SMILES string of the molecule is CC(C)(C)OC(=O)N1CCN2C(NCc3nc(-c4cccc(Cl)c4)no3)=NCC2C1. The Morgan fingerprint density at radius 1 is 1.37 bits per heavy atom. The summed E-state index contributed by atoms with van der Waals surface area (Å²) in [5.74, 6) is 1.74. The zero-order valence-corrected chi connectivity index (χ0v) is 18.0. The highest BCUT2D eigenvalue weighted by molar-refractivity contribution is 6.30. The second-order valence-corrected chi connectivity index (χ2v) is 8.75. The fourth-order valence-corrected chi connectivity index (χ4v) is 3.64. The maximum atomic E-state index is 12.3. The number of halogens is 1. The van der Waals surface area contributed by atoms with Gasteiger partial charge in [-0.05, 0) is 32.9 Å². The van der Waals surface area contributed by atoms with Gasteiger partial charge >= 0.3 is 6.09 Å². The van der Waals surface area contributed by atoms with E-state index in [0.717, 1.165) is 11.5 Å². The summed E-state index contributed by atoms with van der Waals surface area (Å²) < 4.78 is 10.8. The molecule has 160 valence electrons. The van der Waals surface area contributed by atoms with Crippen LogP contribution in [0.4, 0.5) is 4.79 Å². The molecule has 1 amide bonds. The highest BCUT2D eigenvalue weighted by Gasteiger charge is 2.36. The minimum atomic E-state index is -0.499. The van der Waals surface area contributed by atoms with Crippen molar-refractivity contribution in [2.24, 2.45) is 4.99 Å². The molecule has 0 spiro atoms. The van der Waals surface area contributed by atoms with E-state index in [9.17, 15) is 4.79 Å². The van der Waals surface area contributed by atoms with Crippen molar-refractivity contribution in [2.45, 2.75) is 39.0 Å². The van der Waals surface area contributed by atoms with Crippen LogP contribution < -0.4 is 5.32 Å². The lowest BCUT2D eigenvalue weighted by Crippen LogP contribution is -2.57. The summed E-state index contributed by atoms with van der Waals surface area (Å²) >= 11 is 6.02. The third-order valence-electron chi connectivity index (χ3n) is 4.81. The van der Waals surface area contributed by atoms with Crippen LogP contribution in [-0.2, 0) is 11.3 Å². The number of fused-ring (bicyclic) bond motifs is 1. The van der Waals surface area contributed by atoms with Crippen LogP contribution in [0, 0.1) is 0 Å². The van der Waals surface area contributed by atoms with Crippen LogP contribution in [0.1, 0.15) is 26.7 Å². The Morgan fingerprint density at radius 2 is 2.20 bits per heavy atom. The van der Waals surface area contributed by atoms with Crippen LogP contribution >= 0.6 is 11.6 Å². The maximum absolute atomic E-state index is 12.3. The molecule has 1 saturated heterocycles. The molecule has 2 aromatic rings. The molecule has 1 fully saturated rings. The molecule has 2 aliphatic rings. The Hall–Kier alpha value is -2.81. The van der Waals surface area contributed by atoms with Gasteiger partial charge in [0.2, 0.25) is 11.7 Å². The molecule has 3 heterocycles. The first-order valence-corrected chi connectivity index (χ1v) is 10.3. The minimum Gasteiger partial charge on any atom is -0.444 e. The van der Waals surface area contributed by atoms with Crippen LogP contribution in [-0.4, -0.2) is 69.8 Å². The molecule has 1 N–H and O–H groups in total. The fraction of sp³-hybridized carbons (Fsp3) is 0.500. The van der Waals surface area contributed by atoms with Crippen molar-refractivity contribution in [3.05, 3.63) is 35.2 Å². The Labute approximate surface area is 180 Å². The van der Waals surface area contributed by atoms with Gasteiger partial charge in [-0.3, -0.25) is 4.99 Å². The summed E-state index contributed by atoms with van der Waals surface area (Å²) in [5, 5.41) is 7.91. The van der Waals surface area contributed by atoms with Gasteiger partial charge in [-0.2, -0.15) is 4.98 Å². The number of amides is 1. The molecule has 0 radical (unpaired) electrons. The lowest BCUT2D eigenvalue weighted by Gasteiger charge is -2.39. The predicted octanol–water partition coefficient (Wildman–Crippen LogP) is 2.77. The third kappa shape index (κ3) is 4.67. The normalized spacial score (nSPS) is 18.8. The van der Waals surface area contributed by atoms with E-state index in [-0.39, 0.29) is 12.1 Å². The summed E-state index contributed by atoms with van der Waals surface area (Å²) in [6.07, 6.45) is -0.275. The molecule has 1 aromatic carbocycles. The number of nitrogens with one attached hydrogen (secondary N) is 1. The number of ether oxygens (including phenoxy) is 1. The number of aromatic nitrogens is 2. The molecular formula is C20H25ClN6O3. The van der Waals surface area contributed by atoms with Crippen molar-refractivity contribution >= 4 is 23.7 Å². The lowest BCUT2D eigenvalue weighted by molar-refractivity contribution is 0.0137. The quantitative estimate of drug-likeness (QED) is 0.796. The number of aliphatic imine (C=N–C) groups is 1. The second kappa shape index (κ2) is 8.14.